The molecule has 0 N–H and O–H groups in total. The van der Waals surface area contributed by atoms with Crippen LogP contribution in [0.3, 0.4) is 0 Å². The molecule has 1 aliphatic heterocycles. The van der Waals surface area contributed by atoms with Gasteiger partial charge in [-0.15, -0.1) is 11.6 Å². The molecule has 0 bridgehead atoms. The molecule has 0 aromatic rings. The standard InChI is InChI=1S/C5H11Cl.C3H4NO2P/c1-2-3-4-5-6;5-3-4-2(7)1-6-3/h2-5H2,1H3;1,7H2. The molecular formula is C8H15ClNO2P. The van der Waals surface area contributed by atoms with Gasteiger partial charge in [-0.1, -0.05) is 29.0 Å². The quantitative estimate of drug-likeness (QED) is 0.419. The average molecular weight is 224 g/mol. The molecule has 0 saturated carbocycles. The van der Waals surface area contributed by atoms with Gasteiger partial charge in [0, 0.05) is 5.88 Å². The molecule has 76 valence electrons. The van der Waals surface area contributed by atoms with Crippen LogP contribution in [-0.4, -0.2) is 24.0 Å². The highest BCUT2D eigenvalue weighted by Crippen LogP contribution is 2.01. The number of alkyl halides is 1. The Bertz CT molecular complexity index is 181. The minimum Gasteiger partial charge on any atom is -0.441 e. The van der Waals surface area contributed by atoms with E-state index in [4.69, 9.17) is 11.6 Å². The van der Waals surface area contributed by atoms with Gasteiger partial charge < -0.3 is 4.74 Å². The zero-order valence-corrected chi connectivity index (χ0v) is 9.67. The maximum Gasteiger partial charge on any atom is 0.434 e. The van der Waals surface area contributed by atoms with Gasteiger partial charge in [0.25, 0.3) is 0 Å². The van der Waals surface area contributed by atoms with E-state index in [2.05, 4.69) is 25.9 Å². The maximum absolute atomic E-state index is 10.0. The lowest BCUT2D eigenvalue weighted by atomic mass is 10.3. The molecule has 1 atom stereocenters. The SMILES string of the molecule is CCCCCCl.O=C1N=C(P)CO1. The molecule has 1 aliphatic rings. The van der Waals surface area contributed by atoms with Gasteiger partial charge in [-0.05, 0) is 6.42 Å². The van der Waals surface area contributed by atoms with Crippen molar-refractivity contribution in [3.8, 4) is 0 Å². The number of nitrogens with zero attached hydrogens (tertiary/aromatic N) is 1. The minimum absolute atomic E-state index is 0.337. The van der Waals surface area contributed by atoms with E-state index in [1.165, 1.54) is 19.3 Å². The number of rotatable bonds is 3. The largest absolute Gasteiger partial charge is 0.441 e. The Morgan fingerprint density at radius 2 is 2.31 bits per heavy atom. The van der Waals surface area contributed by atoms with Gasteiger partial charge in [0.05, 0.1) is 5.45 Å². The van der Waals surface area contributed by atoms with Gasteiger partial charge in [0.1, 0.15) is 6.61 Å². The fourth-order valence-electron chi connectivity index (χ4n) is 0.662. The minimum atomic E-state index is -0.481. The van der Waals surface area contributed by atoms with Crippen LogP contribution in [0, 0.1) is 0 Å². The second-order valence-corrected chi connectivity index (χ2v) is 3.60. The molecular weight excluding hydrogens is 209 g/mol. The summed E-state index contributed by atoms with van der Waals surface area (Å²) in [6.45, 7) is 2.51. The lowest BCUT2D eigenvalue weighted by molar-refractivity contribution is 0.181. The molecule has 1 heterocycles. The number of aliphatic imine (C=N–C) groups is 1. The summed E-state index contributed by atoms with van der Waals surface area (Å²) in [6, 6.07) is 0. The highest BCUT2D eigenvalue weighted by atomic mass is 35.5. The Hall–Kier alpha value is -0.140. The molecule has 0 aromatic heterocycles. The molecule has 13 heavy (non-hydrogen) atoms. The summed E-state index contributed by atoms with van der Waals surface area (Å²) >= 11 is 5.38. The van der Waals surface area contributed by atoms with Gasteiger partial charge >= 0.3 is 6.09 Å². The molecule has 0 aliphatic carbocycles. The predicted molar refractivity (Wildman–Crippen MR) is 58.7 cm³/mol. The van der Waals surface area contributed by atoms with Crippen molar-refractivity contribution in [2.45, 2.75) is 26.2 Å². The molecule has 5 heteroatoms. The number of amides is 1. The number of hydrogen-bond donors (Lipinski definition) is 0. The van der Waals surface area contributed by atoms with Crippen LogP contribution in [0.25, 0.3) is 0 Å². The molecule has 1 rings (SSSR count). The van der Waals surface area contributed by atoms with Crippen molar-refractivity contribution in [2.24, 2.45) is 4.99 Å². The normalized spacial score (nSPS) is 14.4. The van der Waals surface area contributed by atoms with Crippen LogP contribution in [0.5, 0.6) is 0 Å². The number of ether oxygens (including phenoxy) is 1. The van der Waals surface area contributed by atoms with Crippen molar-refractivity contribution >= 4 is 32.4 Å². The van der Waals surface area contributed by atoms with Crippen LogP contribution in [0.4, 0.5) is 4.79 Å². The molecule has 0 radical (unpaired) electrons. The number of carbonyl (C=O) groups is 1. The first kappa shape index (κ1) is 12.9. The van der Waals surface area contributed by atoms with E-state index in [0.29, 0.717) is 12.1 Å². The number of unbranched alkanes of at least 4 members (excludes halogenated alkanes) is 2. The first-order valence-electron chi connectivity index (χ1n) is 4.26. The van der Waals surface area contributed by atoms with Crippen molar-refractivity contribution in [2.75, 3.05) is 12.5 Å². The van der Waals surface area contributed by atoms with E-state index in [-0.39, 0.29) is 0 Å². The topological polar surface area (TPSA) is 38.7 Å². The maximum atomic E-state index is 10.0. The van der Waals surface area contributed by atoms with Crippen molar-refractivity contribution in [1.29, 1.82) is 0 Å². The van der Waals surface area contributed by atoms with Crippen LogP contribution in [0.1, 0.15) is 26.2 Å². The Morgan fingerprint density at radius 1 is 1.62 bits per heavy atom. The summed E-state index contributed by atoms with van der Waals surface area (Å²) < 4.78 is 4.40. The Kier molecular flexibility index (Phi) is 8.37. The zero-order chi connectivity index (χ0) is 10.1. The van der Waals surface area contributed by atoms with Crippen LogP contribution in [-0.2, 0) is 4.74 Å². The predicted octanol–water partition coefficient (Wildman–Crippen LogP) is 2.83. The van der Waals surface area contributed by atoms with E-state index >= 15 is 0 Å². The summed E-state index contributed by atoms with van der Waals surface area (Å²) in [5.74, 6) is 0.827. The van der Waals surface area contributed by atoms with Crippen LogP contribution in [0.2, 0.25) is 0 Å². The van der Waals surface area contributed by atoms with E-state index in [0.717, 1.165) is 5.88 Å². The van der Waals surface area contributed by atoms with Crippen molar-refractivity contribution in [3.05, 3.63) is 0 Å². The number of cyclic esters (lactones) is 1. The molecule has 1 amide bonds. The average Bonchev–Trinajstić information content (AvgIpc) is 2.47. The van der Waals surface area contributed by atoms with Crippen LogP contribution >= 0.6 is 20.8 Å². The third kappa shape index (κ3) is 8.20. The highest BCUT2D eigenvalue weighted by Gasteiger charge is 2.08. The van der Waals surface area contributed by atoms with Gasteiger partial charge in [-0.3, -0.25) is 0 Å². The van der Waals surface area contributed by atoms with Gasteiger partial charge in [-0.2, -0.15) is 4.99 Å². The van der Waals surface area contributed by atoms with E-state index in [9.17, 15) is 4.79 Å². The van der Waals surface area contributed by atoms with Crippen LogP contribution < -0.4 is 0 Å². The molecule has 0 aromatic carbocycles. The fraction of sp³-hybridized carbons (Fsp3) is 0.750. The summed E-state index contributed by atoms with van der Waals surface area (Å²) in [5, 5.41) is 0. The fourth-order valence-corrected chi connectivity index (χ4v) is 1.04. The number of halogens is 1. The molecule has 0 fully saturated rings. The first-order chi connectivity index (χ1) is 6.20. The summed E-state index contributed by atoms with van der Waals surface area (Å²) in [5.41, 5.74) is 0.671. The van der Waals surface area contributed by atoms with Gasteiger partial charge in [-0.25, -0.2) is 4.79 Å². The second kappa shape index (κ2) is 8.46. The molecule has 3 nitrogen and oxygen atoms in total. The summed E-state index contributed by atoms with van der Waals surface area (Å²) in [7, 11) is 2.30. The van der Waals surface area contributed by atoms with Crippen molar-refractivity contribution in [1.82, 2.24) is 0 Å². The summed E-state index contributed by atoms with van der Waals surface area (Å²) in [6.07, 6.45) is 3.25. The molecule has 0 spiro atoms. The highest BCUT2D eigenvalue weighted by molar-refractivity contribution is 7.41. The van der Waals surface area contributed by atoms with Crippen molar-refractivity contribution < 1.29 is 9.53 Å². The lowest BCUT2D eigenvalue weighted by Gasteiger charge is -1.84. The Balaban J connectivity index is 0.000000226. The third-order valence-electron chi connectivity index (χ3n) is 1.32. The molecule has 0 saturated heterocycles. The Labute approximate surface area is 86.1 Å². The molecule has 1 unspecified atom stereocenters. The van der Waals surface area contributed by atoms with Crippen LogP contribution in [0.15, 0.2) is 4.99 Å². The van der Waals surface area contributed by atoms with Gasteiger partial charge in [0.15, 0.2) is 0 Å². The van der Waals surface area contributed by atoms with E-state index in [1.807, 2.05) is 0 Å². The number of hydrogen-bond acceptors (Lipinski definition) is 2. The number of carbonyl (C=O) groups excluding carboxylic acids is 1. The summed E-state index contributed by atoms with van der Waals surface area (Å²) in [4.78, 5) is 13.4. The smallest absolute Gasteiger partial charge is 0.434 e. The monoisotopic (exact) mass is 223 g/mol. The first-order valence-corrected chi connectivity index (χ1v) is 5.37. The lowest BCUT2D eigenvalue weighted by Crippen LogP contribution is -1.90. The second-order valence-electron chi connectivity index (χ2n) is 2.55. The van der Waals surface area contributed by atoms with E-state index in [1.54, 1.807) is 0 Å². The third-order valence-corrected chi connectivity index (χ3v) is 1.88. The van der Waals surface area contributed by atoms with E-state index < -0.39 is 6.09 Å². The Morgan fingerprint density at radius 3 is 2.46 bits per heavy atom. The zero-order valence-electron chi connectivity index (χ0n) is 7.75. The van der Waals surface area contributed by atoms with Gasteiger partial charge in [0.2, 0.25) is 0 Å². The van der Waals surface area contributed by atoms with Crippen molar-refractivity contribution in [3.63, 3.8) is 0 Å².